The molecule has 10 aromatic rings. The quantitative estimate of drug-likeness (QED) is 0.174. The van der Waals surface area contributed by atoms with E-state index in [1.54, 1.807) is 0 Å². The van der Waals surface area contributed by atoms with E-state index in [1.807, 2.05) is 0 Å². The minimum Gasteiger partial charge on any atom is -0.551 e. The van der Waals surface area contributed by atoms with Crippen LogP contribution in [0.3, 0.4) is 0 Å². The van der Waals surface area contributed by atoms with Crippen LogP contribution in [0.2, 0.25) is 0 Å². The van der Waals surface area contributed by atoms with Gasteiger partial charge in [-0.1, -0.05) is 115 Å². The van der Waals surface area contributed by atoms with Crippen LogP contribution in [0.1, 0.15) is 0 Å². The normalized spacial score (nSPS) is 12.8. The van der Waals surface area contributed by atoms with Crippen molar-refractivity contribution in [1.29, 1.82) is 0 Å². The van der Waals surface area contributed by atoms with Crippen LogP contribution in [0.25, 0.3) is 77.2 Å². The van der Waals surface area contributed by atoms with E-state index >= 15 is 0 Å². The molecule has 0 radical (unpaired) electrons. The average molecular weight is 677 g/mol. The second kappa shape index (κ2) is 10.8. The molecule has 0 saturated carbocycles. The van der Waals surface area contributed by atoms with Gasteiger partial charge in [-0.15, -0.1) is 0 Å². The van der Waals surface area contributed by atoms with Gasteiger partial charge in [-0.3, -0.25) is 0 Å². The van der Waals surface area contributed by atoms with E-state index in [4.69, 9.17) is 9.39 Å². The highest BCUT2D eigenvalue weighted by atomic mass is 16.5. The Bertz CT molecular complexity index is 3050. The highest BCUT2D eigenvalue weighted by Gasteiger charge is 2.42. The SMILES string of the molecule is c1cc(-c2cc3c4c(c2)-c2ccccc2OB4c2cccc(-n4c5ccccc5c5ccccc54)c2O3)cc(-n2c3ccccc3c3ccccc32)c1. The first kappa shape index (κ1) is 28.7. The van der Waals surface area contributed by atoms with Crippen molar-refractivity contribution >= 4 is 61.5 Å². The van der Waals surface area contributed by atoms with Gasteiger partial charge in [0.05, 0.1) is 27.8 Å². The number of rotatable bonds is 3. The molecule has 0 amide bonds. The Morgan fingerprint density at radius 3 is 1.68 bits per heavy atom. The highest BCUT2D eigenvalue weighted by molar-refractivity contribution is 6.84. The standard InChI is InChI=1S/C48H29BN2O2/c1-6-21-40-33(15-1)34-16-2-7-22-41(34)50(40)32-14-11-13-30(27-32)31-28-38-37-19-5-10-26-45(37)53-49-39-20-12-25-44(48(39)52-46(29-31)47(38)49)51-42-23-8-3-17-35(42)36-18-4-9-24-43(36)51/h1-29H. The summed E-state index contributed by atoms with van der Waals surface area (Å²) in [7, 11) is 0. The minimum absolute atomic E-state index is 0.315. The molecule has 0 bridgehead atoms. The topological polar surface area (TPSA) is 28.3 Å². The number of benzene rings is 8. The van der Waals surface area contributed by atoms with Gasteiger partial charge in [0, 0.05) is 43.7 Å². The zero-order valence-electron chi connectivity index (χ0n) is 28.5. The molecule has 4 nitrogen and oxygen atoms in total. The van der Waals surface area contributed by atoms with E-state index in [-0.39, 0.29) is 6.92 Å². The van der Waals surface area contributed by atoms with Gasteiger partial charge in [0.1, 0.15) is 17.2 Å². The summed E-state index contributed by atoms with van der Waals surface area (Å²) in [5.41, 5.74) is 13.3. The highest BCUT2D eigenvalue weighted by Crippen LogP contribution is 2.44. The van der Waals surface area contributed by atoms with Crippen LogP contribution in [0.15, 0.2) is 176 Å². The molecule has 0 spiro atoms. The molecule has 0 N–H and O–H groups in total. The van der Waals surface area contributed by atoms with Crippen LogP contribution in [0, 0.1) is 0 Å². The van der Waals surface area contributed by atoms with E-state index in [1.165, 1.54) is 32.6 Å². The molecule has 12 rings (SSSR count). The van der Waals surface area contributed by atoms with Crippen molar-refractivity contribution in [2.45, 2.75) is 0 Å². The Kier molecular flexibility index (Phi) is 5.83. The lowest BCUT2D eigenvalue weighted by atomic mass is 9.50. The molecular formula is C48H29BN2O2. The monoisotopic (exact) mass is 676 g/mol. The fraction of sp³-hybridized carbons (Fsp3) is 0. The van der Waals surface area contributed by atoms with E-state index in [2.05, 4.69) is 185 Å². The summed E-state index contributed by atoms with van der Waals surface area (Å²) < 4.78 is 18.8. The van der Waals surface area contributed by atoms with Crippen molar-refractivity contribution < 1.29 is 9.39 Å². The number of fused-ring (bicyclic) bond motifs is 10. The summed E-state index contributed by atoms with van der Waals surface area (Å²) in [6.07, 6.45) is 0. The summed E-state index contributed by atoms with van der Waals surface area (Å²) in [6.45, 7) is -0.315. The Labute approximate surface area is 305 Å². The van der Waals surface area contributed by atoms with Crippen molar-refractivity contribution in [3.63, 3.8) is 0 Å². The Balaban J connectivity index is 1.08. The first-order chi connectivity index (χ1) is 26.3. The van der Waals surface area contributed by atoms with Crippen molar-refractivity contribution in [2.24, 2.45) is 0 Å². The Morgan fingerprint density at radius 1 is 0.415 bits per heavy atom. The molecule has 2 aliphatic heterocycles. The average Bonchev–Trinajstić information content (AvgIpc) is 3.74. The molecule has 5 heteroatoms. The number of hydrogen-bond donors (Lipinski definition) is 0. The van der Waals surface area contributed by atoms with Gasteiger partial charge in [0.15, 0.2) is 0 Å². The lowest BCUT2D eigenvalue weighted by molar-refractivity contribution is 0.478. The van der Waals surface area contributed by atoms with Gasteiger partial charge in [-0.25, -0.2) is 0 Å². The predicted octanol–water partition coefficient (Wildman–Crippen LogP) is 10.8. The molecule has 4 heterocycles. The third-order valence-corrected chi connectivity index (χ3v) is 11.2. The summed E-state index contributed by atoms with van der Waals surface area (Å²) in [5.74, 6) is 2.51. The fourth-order valence-corrected chi connectivity index (χ4v) is 8.92. The maximum absolute atomic E-state index is 7.17. The molecule has 2 aromatic heterocycles. The molecule has 0 atom stereocenters. The third-order valence-electron chi connectivity index (χ3n) is 11.2. The fourth-order valence-electron chi connectivity index (χ4n) is 8.92. The smallest absolute Gasteiger partial charge is 0.434 e. The molecule has 0 aliphatic carbocycles. The predicted molar refractivity (Wildman–Crippen MR) is 218 cm³/mol. The molecule has 0 saturated heterocycles. The van der Waals surface area contributed by atoms with Crippen molar-refractivity contribution in [3.8, 4) is 50.9 Å². The largest absolute Gasteiger partial charge is 0.551 e. The molecule has 0 fully saturated rings. The molecule has 8 aromatic carbocycles. The van der Waals surface area contributed by atoms with Crippen LogP contribution in [0.5, 0.6) is 17.2 Å². The van der Waals surface area contributed by atoms with E-state index < -0.39 is 0 Å². The summed E-state index contributed by atoms with van der Waals surface area (Å²) in [6, 6.07) is 62.8. The van der Waals surface area contributed by atoms with Gasteiger partial charge in [-0.2, -0.15) is 0 Å². The molecule has 0 unspecified atom stereocenters. The van der Waals surface area contributed by atoms with Gasteiger partial charge < -0.3 is 18.5 Å². The number of para-hydroxylation sites is 6. The lowest BCUT2D eigenvalue weighted by Crippen LogP contribution is -2.53. The summed E-state index contributed by atoms with van der Waals surface area (Å²) >= 11 is 0. The first-order valence-electron chi connectivity index (χ1n) is 18.1. The van der Waals surface area contributed by atoms with Crippen LogP contribution in [0.4, 0.5) is 0 Å². The minimum atomic E-state index is -0.315. The van der Waals surface area contributed by atoms with Crippen LogP contribution in [-0.4, -0.2) is 16.0 Å². The summed E-state index contributed by atoms with van der Waals surface area (Å²) in [5, 5.41) is 4.93. The van der Waals surface area contributed by atoms with E-state index in [0.717, 1.165) is 72.8 Å². The van der Waals surface area contributed by atoms with Gasteiger partial charge in [-0.05, 0) is 77.4 Å². The van der Waals surface area contributed by atoms with Crippen molar-refractivity contribution in [2.75, 3.05) is 0 Å². The third kappa shape index (κ3) is 4.02. The van der Waals surface area contributed by atoms with Gasteiger partial charge >= 0.3 is 6.92 Å². The number of aromatic nitrogens is 2. The maximum Gasteiger partial charge on any atom is 0.434 e. The Morgan fingerprint density at radius 2 is 1.00 bits per heavy atom. The van der Waals surface area contributed by atoms with Gasteiger partial charge in [0.2, 0.25) is 0 Å². The molecular weight excluding hydrogens is 647 g/mol. The lowest BCUT2D eigenvalue weighted by Gasteiger charge is -2.34. The van der Waals surface area contributed by atoms with Crippen molar-refractivity contribution in [1.82, 2.24) is 9.13 Å². The van der Waals surface area contributed by atoms with E-state index in [0.29, 0.717) is 0 Å². The zero-order valence-corrected chi connectivity index (χ0v) is 28.5. The molecule has 246 valence electrons. The zero-order chi connectivity index (χ0) is 34.6. The number of nitrogens with zero attached hydrogens (tertiary/aromatic N) is 2. The molecule has 2 aliphatic rings. The number of ether oxygens (including phenoxy) is 1. The number of hydrogen-bond acceptors (Lipinski definition) is 2. The van der Waals surface area contributed by atoms with Crippen molar-refractivity contribution in [3.05, 3.63) is 176 Å². The first-order valence-corrected chi connectivity index (χ1v) is 18.1. The van der Waals surface area contributed by atoms with Crippen LogP contribution < -0.4 is 20.3 Å². The van der Waals surface area contributed by atoms with E-state index in [9.17, 15) is 0 Å². The molecule has 53 heavy (non-hydrogen) atoms. The van der Waals surface area contributed by atoms with Gasteiger partial charge in [0.25, 0.3) is 0 Å². The maximum atomic E-state index is 7.17. The second-order valence-corrected chi connectivity index (χ2v) is 14.0. The van der Waals surface area contributed by atoms with Crippen LogP contribution in [-0.2, 0) is 0 Å². The second-order valence-electron chi connectivity index (χ2n) is 14.0. The Hall–Kier alpha value is -6.98. The van der Waals surface area contributed by atoms with Crippen LogP contribution >= 0.6 is 0 Å². The summed E-state index contributed by atoms with van der Waals surface area (Å²) in [4.78, 5) is 0.